The Balaban J connectivity index is 1.91. The van der Waals surface area contributed by atoms with Crippen LogP contribution in [0.15, 0.2) is 0 Å². The van der Waals surface area contributed by atoms with Gasteiger partial charge in [-0.2, -0.15) is 0 Å². The summed E-state index contributed by atoms with van der Waals surface area (Å²) in [6.45, 7) is 0. The van der Waals surface area contributed by atoms with Crippen LogP contribution in [0.3, 0.4) is 0 Å². The lowest BCUT2D eigenvalue weighted by Crippen LogP contribution is -2.30. The van der Waals surface area contributed by atoms with Crippen molar-refractivity contribution in [3.05, 3.63) is 0 Å². The summed E-state index contributed by atoms with van der Waals surface area (Å²) in [6.07, 6.45) is 6.21. The van der Waals surface area contributed by atoms with Gasteiger partial charge in [-0.1, -0.05) is 0 Å². The van der Waals surface area contributed by atoms with E-state index in [1.165, 1.54) is 32.1 Å². The monoisotopic (exact) mass is 168 g/mol. The van der Waals surface area contributed by atoms with Crippen molar-refractivity contribution < 1.29 is 9.84 Å². The largest absolute Gasteiger partial charge is 0.368 e. The Morgan fingerprint density at radius 3 is 2.25 bits per heavy atom. The highest BCUT2D eigenvalue weighted by atomic mass is 16.6. The maximum absolute atomic E-state index is 9.68. The normalized spacial score (nSPS) is 57.2. The second kappa shape index (κ2) is 2.46. The Kier molecular flexibility index (Phi) is 1.50. The quantitative estimate of drug-likeness (QED) is 0.594. The summed E-state index contributed by atoms with van der Waals surface area (Å²) in [7, 11) is 0. The first-order valence-corrected chi connectivity index (χ1v) is 5.15. The summed E-state index contributed by atoms with van der Waals surface area (Å²) in [6, 6.07) is 0. The molecule has 4 rings (SSSR count). The van der Waals surface area contributed by atoms with Crippen molar-refractivity contribution in [2.24, 2.45) is 17.8 Å². The summed E-state index contributed by atoms with van der Waals surface area (Å²) in [5.74, 6) is 2.19. The molecule has 3 atom stereocenters. The maximum Gasteiger partial charge on any atom is 0.157 e. The van der Waals surface area contributed by atoms with Gasteiger partial charge in [0.15, 0.2) is 6.29 Å². The third kappa shape index (κ3) is 1.01. The van der Waals surface area contributed by atoms with Gasteiger partial charge in [-0.25, -0.2) is 0 Å². The second-order valence-electron chi connectivity index (χ2n) is 4.82. The second-order valence-corrected chi connectivity index (χ2v) is 4.82. The van der Waals surface area contributed by atoms with E-state index in [2.05, 4.69) is 0 Å². The summed E-state index contributed by atoms with van der Waals surface area (Å²) in [4.78, 5) is 0. The Morgan fingerprint density at radius 2 is 1.58 bits per heavy atom. The average molecular weight is 168 g/mol. The molecule has 0 amide bonds. The van der Waals surface area contributed by atoms with Crippen molar-refractivity contribution in [3.8, 4) is 0 Å². The molecule has 0 aromatic rings. The average Bonchev–Trinajstić information content (AvgIpc) is 2.16. The molecule has 2 nitrogen and oxygen atoms in total. The number of rotatable bonds is 0. The lowest BCUT2D eigenvalue weighted by molar-refractivity contribution is -0.149. The summed E-state index contributed by atoms with van der Waals surface area (Å²) >= 11 is 0. The number of ether oxygens (including phenoxy) is 1. The van der Waals surface area contributed by atoms with Crippen LogP contribution in [0.5, 0.6) is 0 Å². The molecule has 0 aromatic carbocycles. The van der Waals surface area contributed by atoms with Crippen molar-refractivity contribution in [1.29, 1.82) is 0 Å². The highest BCUT2D eigenvalue weighted by Crippen LogP contribution is 2.48. The van der Waals surface area contributed by atoms with E-state index in [4.69, 9.17) is 4.74 Å². The van der Waals surface area contributed by atoms with Gasteiger partial charge in [-0.05, 0) is 43.9 Å². The van der Waals surface area contributed by atoms with E-state index in [-0.39, 0.29) is 0 Å². The van der Waals surface area contributed by atoms with E-state index >= 15 is 0 Å². The number of hydrogen-bond donors (Lipinski definition) is 1. The zero-order valence-corrected chi connectivity index (χ0v) is 7.28. The molecule has 0 aromatic heterocycles. The van der Waals surface area contributed by atoms with E-state index in [1.54, 1.807) is 0 Å². The first-order valence-electron chi connectivity index (χ1n) is 5.15. The fraction of sp³-hybridized carbons (Fsp3) is 1.00. The number of hydrogen-bond acceptors (Lipinski definition) is 2. The predicted octanol–water partition coefficient (Wildman–Crippen LogP) is 1.53. The molecule has 2 aliphatic carbocycles. The minimum Gasteiger partial charge on any atom is -0.368 e. The third-order valence-corrected chi connectivity index (χ3v) is 3.87. The molecular formula is C10H16O2. The van der Waals surface area contributed by atoms with Gasteiger partial charge in [-0.3, -0.25) is 0 Å². The van der Waals surface area contributed by atoms with Crippen molar-refractivity contribution in [1.82, 2.24) is 0 Å². The number of fused-ring (bicyclic) bond motifs is 1. The van der Waals surface area contributed by atoms with Crippen LogP contribution in [0.2, 0.25) is 0 Å². The van der Waals surface area contributed by atoms with Crippen LogP contribution < -0.4 is 0 Å². The van der Waals surface area contributed by atoms with Crippen molar-refractivity contribution in [2.75, 3.05) is 0 Å². The minimum absolute atomic E-state index is 0.385. The Hall–Kier alpha value is -0.0800. The van der Waals surface area contributed by atoms with Crippen LogP contribution in [-0.2, 0) is 4.74 Å². The van der Waals surface area contributed by atoms with E-state index < -0.39 is 6.29 Å². The topological polar surface area (TPSA) is 29.5 Å². The zero-order valence-electron chi connectivity index (χ0n) is 7.28. The van der Waals surface area contributed by atoms with Gasteiger partial charge in [0.25, 0.3) is 0 Å². The van der Waals surface area contributed by atoms with Gasteiger partial charge < -0.3 is 9.84 Å². The van der Waals surface area contributed by atoms with E-state index in [9.17, 15) is 5.11 Å². The fourth-order valence-electron chi connectivity index (χ4n) is 3.49. The first-order chi connectivity index (χ1) is 5.81. The molecule has 68 valence electrons. The van der Waals surface area contributed by atoms with Crippen LogP contribution >= 0.6 is 0 Å². The molecule has 1 N–H and O–H groups in total. The van der Waals surface area contributed by atoms with Crippen molar-refractivity contribution >= 4 is 0 Å². The van der Waals surface area contributed by atoms with Gasteiger partial charge in [-0.15, -0.1) is 0 Å². The molecule has 0 radical (unpaired) electrons. The van der Waals surface area contributed by atoms with Crippen LogP contribution in [0, 0.1) is 17.8 Å². The van der Waals surface area contributed by atoms with E-state index in [0.717, 1.165) is 11.8 Å². The minimum atomic E-state index is -0.440. The summed E-state index contributed by atoms with van der Waals surface area (Å²) in [5.41, 5.74) is 0. The van der Waals surface area contributed by atoms with Gasteiger partial charge in [0, 0.05) is 5.92 Å². The predicted molar refractivity (Wildman–Crippen MR) is 44.4 cm³/mol. The fourth-order valence-corrected chi connectivity index (χ4v) is 3.49. The highest BCUT2D eigenvalue weighted by molar-refractivity contribution is 4.91. The van der Waals surface area contributed by atoms with Crippen molar-refractivity contribution in [2.45, 2.75) is 44.5 Å². The molecule has 4 fully saturated rings. The first kappa shape index (κ1) is 7.34. The Bertz CT molecular complexity index is 178. The molecule has 2 heteroatoms. The smallest absolute Gasteiger partial charge is 0.157 e. The maximum atomic E-state index is 9.68. The highest BCUT2D eigenvalue weighted by Gasteiger charge is 2.43. The van der Waals surface area contributed by atoms with Gasteiger partial charge in [0.2, 0.25) is 0 Å². The summed E-state index contributed by atoms with van der Waals surface area (Å²) < 4.78 is 5.59. The number of aliphatic hydroxyl groups excluding tert-OH is 1. The van der Waals surface area contributed by atoms with Gasteiger partial charge in [0.1, 0.15) is 0 Å². The molecule has 2 saturated carbocycles. The standard InChI is InChI=1S/C10H16O2/c11-10-8-2-6-1-7(3-8)5-9(4-6)12-10/h6-11H,1-5H2. The molecule has 2 heterocycles. The van der Waals surface area contributed by atoms with E-state index in [1.807, 2.05) is 0 Å². The molecule has 3 unspecified atom stereocenters. The van der Waals surface area contributed by atoms with Crippen LogP contribution in [0.1, 0.15) is 32.1 Å². The molecule has 12 heavy (non-hydrogen) atoms. The lowest BCUT2D eigenvalue weighted by Gasteiger charge is -2.36. The Labute approximate surface area is 72.9 Å². The SMILES string of the molecule is OC1OC2CC3CC(C2)CC1C3. The summed E-state index contributed by atoms with van der Waals surface area (Å²) in [5, 5.41) is 9.68. The van der Waals surface area contributed by atoms with Gasteiger partial charge in [0.05, 0.1) is 6.10 Å². The van der Waals surface area contributed by atoms with Crippen LogP contribution in [-0.4, -0.2) is 17.5 Å². The third-order valence-electron chi connectivity index (χ3n) is 3.87. The molecule has 4 bridgehead atoms. The van der Waals surface area contributed by atoms with E-state index in [0.29, 0.717) is 12.0 Å². The molecule has 2 aliphatic heterocycles. The number of aliphatic hydroxyl groups is 1. The zero-order chi connectivity index (χ0) is 8.13. The van der Waals surface area contributed by atoms with Crippen molar-refractivity contribution in [3.63, 3.8) is 0 Å². The van der Waals surface area contributed by atoms with Gasteiger partial charge >= 0.3 is 0 Å². The Morgan fingerprint density at radius 1 is 0.917 bits per heavy atom. The lowest BCUT2D eigenvalue weighted by atomic mass is 9.68. The molecule has 0 spiro atoms. The molecule has 4 aliphatic rings. The van der Waals surface area contributed by atoms with Crippen LogP contribution in [0.25, 0.3) is 0 Å². The van der Waals surface area contributed by atoms with Crippen LogP contribution in [0.4, 0.5) is 0 Å². The molecule has 2 saturated heterocycles. The molecular weight excluding hydrogens is 152 g/mol.